The first kappa shape index (κ1) is 14.3. The Morgan fingerprint density at radius 1 is 1.27 bits per heavy atom. The molecule has 0 radical (unpaired) electrons. The molecule has 4 rings (SSSR count). The highest BCUT2D eigenvalue weighted by atomic mass is 16.6. The average molecular weight is 305 g/mol. The zero-order chi connectivity index (χ0) is 15.2. The van der Waals surface area contributed by atoms with Crippen LogP contribution in [0.2, 0.25) is 0 Å². The Morgan fingerprint density at radius 2 is 2.00 bits per heavy atom. The van der Waals surface area contributed by atoms with Crippen molar-refractivity contribution >= 4 is 5.69 Å². The molecule has 120 valence electrons. The third-order valence-electron chi connectivity index (χ3n) is 4.72. The van der Waals surface area contributed by atoms with Gasteiger partial charge >= 0.3 is 0 Å². The number of hydrogen-bond donors (Lipinski definition) is 0. The molecule has 0 spiro atoms. The van der Waals surface area contributed by atoms with E-state index in [4.69, 9.17) is 18.9 Å². The largest absolute Gasteiger partial charge is 0.491 e. The van der Waals surface area contributed by atoms with Gasteiger partial charge in [0.05, 0.1) is 25.9 Å². The van der Waals surface area contributed by atoms with Crippen molar-refractivity contribution in [2.24, 2.45) is 0 Å². The number of aryl methyl sites for hydroxylation is 1. The molecule has 3 fully saturated rings. The fourth-order valence-electron chi connectivity index (χ4n) is 2.88. The minimum atomic E-state index is -0.138. The van der Waals surface area contributed by atoms with Gasteiger partial charge in [-0.25, -0.2) is 0 Å². The van der Waals surface area contributed by atoms with Gasteiger partial charge in [-0.1, -0.05) is 0 Å². The Labute approximate surface area is 131 Å². The predicted molar refractivity (Wildman–Crippen MR) is 82.5 cm³/mol. The van der Waals surface area contributed by atoms with E-state index in [2.05, 4.69) is 31.0 Å². The molecule has 0 N–H and O–H groups in total. The highest BCUT2D eigenvalue weighted by Gasteiger charge is 2.49. The Balaban J connectivity index is 1.41. The maximum Gasteiger partial charge on any atom is 0.164 e. The highest BCUT2D eigenvalue weighted by Crippen LogP contribution is 2.41. The normalized spacial score (nSPS) is 31.7. The first-order chi connectivity index (χ1) is 10.7. The van der Waals surface area contributed by atoms with Gasteiger partial charge in [0.15, 0.2) is 5.72 Å². The monoisotopic (exact) mass is 305 g/mol. The third kappa shape index (κ3) is 3.07. The van der Waals surface area contributed by atoms with E-state index in [0.717, 1.165) is 38.4 Å². The zero-order valence-electron chi connectivity index (χ0n) is 13.2. The molecule has 3 unspecified atom stereocenters. The van der Waals surface area contributed by atoms with Gasteiger partial charge in [0.2, 0.25) is 0 Å². The molecule has 22 heavy (non-hydrogen) atoms. The lowest BCUT2D eigenvalue weighted by Crippen LogP contribution is -2.36. The Kier molecular flexibility index (Phi) is 3.51. The molecule has 0 amide bonds. The predicted octanol–water partition coefficient (Wildman–Crippen LogP) is 2.11. The van der Waals surface area contributed by atoms with E-state index in [1.54, 1.807) is 0 Å². The van der Waals surface area contributed by atoms with Crippen molar-refractivity contribution in [1.82, 2.24) is 0 Å². The summed E-state index contributed by atoms with van der Waals surface area (Å²) in [5, 5.41) is 0. The minimum absolute atomic E-state index is 0.138. The fourth-order valence-corrected chi connectivity index (χ4v) is 2.88. The standard InChI is InChI=1S/C17H23NO4/c1-12-7-13(19-9-15-10-21-15)3-4-16(12)18(2)17(11-22-17)6-5-14-8-20-14/h3-4,7,14-15H,5-6,8-11H2,1-2H3. The molecule has 0 saturated carbocycles. The molecule has 3 atom stereocenters. The van der Waals surface area contributed by atoms with Crippen LogP contribution in [0.3, 0.4) is 0 Å². The lowest BCUT2D eigenvalue weighted by atomic mass is 10.1. The van der Waals surface area contributed by atoms with Crippen molar-refractivity contribution in [3.8, 4) is 5.75 Å². The van der Waals surface area contributed by atoms with Gasteiger partial charge in [0.25, 0.3) is 0 Å². The molecule has 3 aliphatic rings. The summed E-state index contributed by atoms with van der Waals surface area (Å²) in [6, 6.07) is 6.24. The molecule has 5 heteroatoms. The van der Waals surface area contributed by atoms with Crippen molar-refractivity contribution in [3.63, 3.8) is 0 Å². The van der Waals surface area contributed by atoms with E-state index in [0.29, 0.717) is 12.7 Å². The van der Waals surface area contributed by atoms with E-state index in [1.165, 1.54) is 11.3 Å². The lowest BCUT2D eigenvalue weighted by Gasteiger charge is -2.28. The fraction of sp³-hybridized carbons (Fsp3) is 0.647. The molecule has 1 aromatic carbocycles. The molecule has 5 nitrogen and oxygen atoms in total. The summed E-state index contributed by atoms with van der Waals surface area (Å²) >= 11 is 0. The second kappa shape index (κ2) is 5.41. The summed E-state index contributed by atoms with van der Waals surface area (Å²) < 4.78 is 22.0. The van der Waals surface area contributed by atoms with Crippen LogP contribution in [0.4, 0.5) is 5.69 Å². The number of benzene rings is 1. The van der Waals surface area contributed by atoms with Gasteiger partial charge in [-0.2, -0.15) is 0 Å². The molecule has 0 aromatic heterocycles. The van der Waals surface area contributed by atoms with Gasteiger partial charge < -0.3 is 23.8 Å². The van der Waals surface area contributed by atoms with Crippen molar-refractivity contribution in [1.29, 1.82) is 0 Å². The maximum absolute atomic E-state index is 5.79. The van der Waals surface area contributed by atoms with Crippen LogP contribution in [0.25, 0.3) is 0 Å². The first-order valence-corrected chi connectivity index (χ1v) is 8.01. The van der Waals surface area contributed by atoms with Crippen LogP contribution in [0.5, 0.6) is 5.75 Å². The second-order valence-corrected chi connectivity index (χ2v) is 6.50. The molecular weight excluding hydrogens is 282 g/mol. The van der Waals surface area contributed by atoms with Gasteiger partial charge in [0, 0.05) is 19.2 Å². The van der Waals surface area contributed by atoms with Crippen molar-refractivity contribution in [3.05, 3.63) is 23.8 Å². The molecule has 0 aliphatic carbocycles. The van der Waals surface area contributed by atoms with Crippen LogP contribution in [-0.4, -0.2) is 51.4 Å². The number of likely N-dealkylation sites (N-methyl/N-ethyl adjacent to an activating group) is 1. The maximum atomic E-state index is 5.79. The number of rotatable bonds is 8. The number of epoxide rings is 3. The van der Waals surface area contributed by atoms with Crippen LogP contribution in [0.1, 0.15) is 18.4 Å². The van der Waals surface area contributed by atoms with E-state index in [1.807, 2.05) is 6.07 Å². The Hall–Kier alpha value is -1.30. The summed E-state index contributed by atoms with van der Waals surface area (Å²) in [5.74, 6) is 0.905. The van der Waals surface area contributed by atoms with Crippen LogP contribution in [-0.2, 0) is 14.2 Å². The Bertz CT molecular complexity index is 550. The summed E-state index contributed by atoms with van der Waals surface area (Å²) in [4.78, 5) is 2.26. The van der Waals surface area contributed by atoms with Gasteiger partial charge in [-0.05, 0) is 37.1 Å². The van der Waals surface area contributed by atoms with Gasteiger partial charge in [-0.3, -0.25) is 0 Å². The minimum Gasteiger partial charge on any atom is -0.491 e. The van der Waals surface area contributed by atoms with E-state index >= 15 is 0 Å². The van der Waals surface area contributed by atoms with Crippen LogP contribution < -0.4 is 9.64 Å². The summed E-state index contributed by atoms with van der Waals surface area (Å²) in [7, 11) is 2.11. The van der Waals surface area contributed by atoms with Crippen LogP contribution in [0, 0.1) is 6.92 Å². The summed E-state index contributed by atoms with van der Waals surface area (Å²) in [6.45, 7) is 5.29. The zero-order valence-corrected chi connectivity index (χ0v) is 13.2. The van der Waals surface area contributed by atoms with Crippen molar-refractivity contribution in [2.45, 2.75) is 37.7 Å². The SMILES string of the molecule is Cc1cc(OCC2CO2)ccc1N(C)C1(CCC2CO2)CO1. The number of anilines is 1. The molecule has 3 heterocycles. The average Bonchev–Trinajstić information content (AvgIpc) is 3.39. The molecule has 1 aromatic rings. The van der Waals surface area contributed by atoms with E-state index in [9.17, 15) is 0 Å². The van der Waals surface area contributed by atoms with Crippen LogP contribution in [0.15, 0.2) is 18.2 Å². The quantitative estimate of drug-likeness (QED) is 0.689. The van der Waals surface area contributed by atoms with Crippen molar-refractivity contribution in [2.75, 3.05) is 38.4 Å². The molecule has 3 saturated heterocycles. The van der Waals surface area contributed by atoms with E-state index in [-0.39, 0.29) is 11.8 Å². The molecule has 3 aliphatic heterocycles. The topological polar surface area (TPSA) is 50.1 Å². The van der Waals surface area contributed by atoms with E-state index < -0.39 is 0 Å². The molecular formula is C17H23NO4. The second-order valence-electron chi connectivity index (χ2n) is 6.50. The van der Waals surface area contributed by atoms with Crippen molar-refractivity contribution < 1.29 is 18.9 Å². The lowest BCUT2D eigenvalue weighted by molar-refractivity contribution is 0.262. The van der Waals surface area contributed by atoms with Crippen LogP contribution >= 0.6 is 0 Å². The Morgan fingerprint density at radius 3 is 2.59 bits per heavy atom. The first-order valence-electron chi connectivity index (χ1n) is 8.01. The summed E-state index contributed by atoms with van der Waals surface area (Å²) in [6.07, 6.45) is 2.84. The number of ether oxygens (including phenoxy) is 4. The molecule has 0 bridgehead atoms. The summed E-state index contributed by atoms with van der Waals surface area (Å²) in [5.41, 5.74) is 2.26. The third-order valence-corrected chi connectivity index (χ3v) is 4.72. The van der Waals surface area contributed by atoms with Gasteiger partial charge in [-0.15, -0.1) is 0 Å². The smallest absolute Gasteiger partial charge is 0.164 e. The number of hydrogen-bond acceptors (Lipinski definition) is 5. The van der Waals surface area contributed by atoms with Gasteiger partial charge in [0.1, 0.15) is 18.5 Å². The highest BCUT2D eigenvalue weighted by molar-refractivity contribution is 5.57. The number of nitrogens with zero attached hydrogens (tertiary/aromatic N) is 1.